The Morgan fingerprint density at radius 2 is 2.18 bits per heavy atom. The molecule has 0 aliphatic carbocycles. The lowest BCUT2D eigenvalue weighted by Crippen LogP contribution is -2.12. The SMILES string of the molecule is BrC1CCNc2ccccc21. The molecule has 1 aromatic rings. The molecule has 2 rings (SSSR count). The summed E-state index contributed by atoms with van der Waals surface area (Å²) in [5, 5.41) is 3.36. The van der Waals surface area contributed by atoms with E-state index in [9.17, 15) is 0 Å². The fourth-order valence-corrected chi connectivity index (χ4v) is 2.05. The lowest BCUT2D eigenvalue weighted by atomic mass is 10.0. The first kappa shape index (κ1) is 7.17. The molecule has 1 aromatic carbocycles. The first-order valence-electron chi connectivity index (χ1n) is 3.85. The minimum atomic E-state index is 0.542. The number of hydrogen-bond donors (Lipinski definition) is 1. The molecule has 1 heterocycles. The van der Waals surface area contributed by atoms with Crippen molar-refractivity contribution in [3.8, 4) is 0 Å². The number of anilines is 1. The van der Waals surface area contributed by atoms with Gasteiger partial charge in [-0.3, -0.25) is 0 Å². The number of para-hydroxylation sites is 1. The van der Waals surface area contributed by atoms with Gasteiger partial charge in [0.1, 0.15) is 0 Å². The van der Waals surface area contributed by atoms with Crippen LogP contribution in [0.5, 0.6) is 0 Å². The molecule has 1 atom stereocenters. The van der Waals surface area contributed by atoms with Crippen molar-refractivity contribution in [3.05, 3.63) is 29.8 Å². The van der Waals surface area contributed by atoms with E-state index in [1.165, 1.54) is 17.7 Å². The molecule has 0 spiro atoms. The van der Waals surface area contributed by atoms with Crippen LogP contribution in [0.15, 0.2) is 24.3 Å². The van der Waals surface area contributed by atoms with Gasteiger partial charge in [-0.25, -0.2) is 0 Å². The summed E-state index contributed by atoms with van der Waals surface area (Å²) in [6.45, 7) is 1.08. The molecule has 0 saturated carbocycles. The molecule has 1 N–H and O–H groups in total. The van der Waals surface area contributed by atoms with E-state index < -0.39 is 0 Å². The molecule has 1 aliphatic heterocycles. The fraction of sp³-hybridized carbons (Fsp3) is 0.333. The van der Waals surface area contributed by atoms with Crippen molar-refractivity contribution < 1.29 is 0 Å². The quantitative estimate of drug-likeness (QED) is 0.652. The molecule has 1 unspecified atom stereocenters. The number of nitrogens with one attached hydrogen (secondary N) is 1. The highest BCUT2D eigenvalue weighted by atomic mass is 79.9. The first-order valence-corrected chi connectivity index (χ1v) is 4.76. The van der Waals surface area contributed by atoms with Crippen LogP contribution in [0.1, 0.15) is 16.8 Å². The summed E-state index contributed by atoms with van der Waals surface area (Å²) in [4.78, 5) is 0.542. The molecular formula is C9H10BrN. The van der Waals surface area contributed by atoms with Gasteiger partial charge in [-0.15, -0.1) is 0 Å². The summed E-state index contributed by atoms with van der Waals surface area (Å²) in [5.41, 5.74) is 2.67. The van der Waals surface area contributed by atoms with E-state index in [4.69, 9.17) is 0 Å². The standard InChI is InChI=1S/C9H10BrN/c10-8-5-6-11-9-4-2-1-3-7(8)9/h1-4,8,11H,5-6H2. The summed E-state index contributed by atoms with van der Waals surface area (Å²) in [5.74, 6) is 0. The van der Waals surface area contributed by atoms with E-state index in [-0.39, 0.29) is 0 Å². The van der Waals surface area contributed by atoms with Crippen LogP contribution in [-0.2, 0) is 0 Å². The average molecular weight is 212 g/mol. The molecule has 0 radical (unpaired) electrons. The lowest BCUT2D eigenvalue weighted by molar-refractivity contribution is 0.822. The minimum Gasteiger partial charge on any atom is -0.385 e. The maximum atomic E-state index is 3.65. The zero-order valence-electron chi connectivity index (χ0n) is 6.18. The molecule has 58 valence electrons. The predicted octanol–water partition coefficient (Wildman–Crippen LogP) is 2.94. The molecule has 1 nitrogen and oxygen atoms in total. The number of alkyl halides is 1. The Bertz CT molecular complexity index is 259. The second kappa shape index (κ2) is 2.86. The summed E-state index contributed by atoms with van der Waals surface area (Å²) < 4.78 is 0. The van der Waals surface area contributed by atoms with Crippen LogP contribution in [-0.4, -0.2) is 6.54 Å². The first-order chi connectivity index (χ1) is 5.38. The Morgan fingerprint density at radius 1 is 1.36 bits per heavy atom. The second-order valence-electron chi connectivity index (χ2n) is 2.77. The van der Waals surface area contributed by atoms with Crippen molar-refractivity contribution in [2.75, 3.05) is 11.9 Å². The van der Waals surface area contributed by atoms with Crippen molar-refractivity contribution in [2.45, 2.75) is 11.2 Å². The molecule has 0 saturated heterocycles. The van der Waals surface area contributed by atoms with E-state index in [0.29, 0.717) is 4.83 Å². The summed E-state index contributed by atoms with van der Waals surface area (Å²) in [6, 6.07) is 8.45. The maximum Gasteiger partial charge on any atom is 0.0432 e. The normalized spacial score (nSPS) is 22.1. The van der Waals surface area contributed by atoms with Gasteiger partial charge in [-0.1, -0.05) is 34.1 Å². The Hall–Kier alpha value is -0.500. The van der Waals surface area contributed by atoms with Crippen molar-refractivity contribution in [1.82, 2.24) is 0 Å². The largest absolute Gasteiger partial charge is 0.385 e. The monoisotopic (exact) mass is 211 g/mol. The zero-order chi connectivity index (χ0) is 7.68. The highest BCUT2D eigenvalue weighted by Gasteiger charge is 2.15. The van der Waals surface area contributed by atoms with E-state index in [1.54, 1.807) is 0 Å². The number of fused-ring (bicyclic) bond motifs is 1. The Labute approximate surface area is 74.9 Å². The van der Waals surface area contributed by atoms with Crippen LogP contribution in [0.4, 0.5) is 5.69 Å². The molecule has 0 aromatic heterocycles. The Morgan fingerprint density at radius 3 is 3.00 bits per heavy atom. The van der Waals surface area contributed by atoms with Crippen molar-refractivity contribution in [1.29, 1.82) is 0 Å². The molecule has 1 aliphatic rings. The van der Waals surface area contributed by atoms with Gasteiger partial charge in [0.2, 0.25) is 0 Å². The van der Waals surface area contributed by atoms with Gasteiger partial charge in [0.25, 0.3) is 0 Å². The summed E-state index contributed by atoms with van der Waals surface area (Å²) >= 11 is 3.65. The van der Waals surface area contributed by atoms with Gasteiger partial charge < -0.3 is 5.32 Å². The Balaban J connectivity index is 2.44. The van der Waals surface area contributed by atoms with Crippen LogP contribution < -0.4 is 5.32 Å². The van der Waals surface area contributed by atoms with Gasteiger partial charge in [-0.05, 0) is 18.1 Å². The highest BCUT2D eigenvalue weighted by molar-refractivity contribution is 9.09. The molecule has 0 fully saturated rings. The van der Waals surface area contributed by atoms with Crippen LogP contribution in [0, 0.1) is 0 Å². The smallest absolute Gasteiger partial charge is 0.0432 e. The van der Waals surface area contributed by atoms with E-state index in [0.717, 1.165) is 6.54 Å². The average Bonchev–Trinajstić information content (AvgIpc) is 2.06. The maximum absolute atomic E-state index is 3.65. The summed E-state index contributed by atoms with van der Waals surface area (Å²) in [7, 11) is 0. The predicted molar refractivity (Wildman–Crippen MR) is 51.2 cm³/mol. The second-order valence-corrected chi connectivity index (χ2v) is 3.88. The number of rotatable bonds is 0. The van der Waals surface area contributed by atoms with Crippen LogP contribution in [0.25, 0.3) is 0 Å². The van der Waals surface area contributed by atoms with Crippen molar-refractivity contribution >= 4 is 21.6 Å². The van der Waals surface area contributed by atoms with E-state index in [1.807, 2.05) is 0 Å². The lowest BCUT2D eigenvalue weighted by Gasteiger charge is -2.21. The zero-order valence-corrected chi connectivity index (χ0v) is 7.76. The van der Waals surface area contributed by atoms with Gasteiger partial charge >= 0.3 is 0 Å². The number of halogens is 1. The van der Waals surface area contributed by atoms with Crippen LogP contribution >= 0.6 is 15.9 Å². The van der Waals surface area contributed by atoms with Gasteiger partial charge in [0, 0.05) is 17.1 Å². The number of hydrogen-bond acceptors (Lipinski definition) is 1. The molecule has 11 heavy (non-hydrogen) atoms. The fourth-order valence-electron chi connectivity index (χ4n) is 1.42. The summed E-state index contributed by atoms with van der Waals surface area (Å²) in [6.07, 6.45) is 1.18. The van der Waals surface area contributed by atoms with E-state index in [2.05, 4.69) is 45.5 Å². The van der Waals surface area contributed by atoms with Gasteiger partial charge in [0.05, 0.1) is 0 Å². The molecular weight excluding hydrogens is 202 g/mol. The molecule has 2 heteroatoms. The third-order valence-corrected chi connectivity index (χ3v) is 2.96. The topological polar surface area (TPSA) is 12.0 Å². The van der Waals surface area contributed by atoms with Crippen molar-refractivity contribution in [3.63, 3.8) is 0 Å². The third kappa shape index (κ3) is 1.27. The van der Waals surface area contributed by atoms with E-state index >= 15 is 0 Å². The van der Waals surface area contributed by atoms with Gasteiger partial charge in [0.15, 0.2) is 0 Å². The Kier molecular flexibility index (Phi) is 1.86. The van der Waals surface area contributed by atoms with Gasteiger partial charge in [-0.2, -0.15) is 0 Å². The number of benzene rings is 1. The van der Waals surface area contributed by atoms with Crippen molar-refractivity contribution in [2.24, 2.45) is 0 Å². The van der Waals surface area contributed by atoms with Crippen LogP contribution in [0.2, 0.25) is 0 Å². The molecule has 0 amide bonds. The highest BCUT2D eigenvalue weighted by Crippen LogP contribution is 2.35. The minimum absolute atomic E-state index is 0.542. The third-order valence-electron chi connectivity index (χ3n) is 2.01. The van der Waals surface area contributed by atoms with Crippen LogP contribution in [0.3, 0.4) is 0 Å². The molecule has 0 bridgehead atoms.